The molecule has 0 aliphatic carbocycles. The number of thiophene rings is 1. The fraction of sp³-hybridized carbons (Fsp3) is 0.412. The van der Waals surface area contributed by atoms with Crippen LogP contribution in [0.2, 0.25) is 0 Å². The molecule has 1 aliphatic heterocycles. The van der Waals surface area contributed by atoms with Gasteiger partial charge in [-0.2, -0.15) is 0 Å². The average Bonchev–Trinajstić information content (AvgIpc) is 3.06. The summed E-state index contributed by atoms with van der Waals surface area (Å²) in [5, 5.41) is 3.37. The van der Waals surface area contributed by atoms with Gasteiger partial charge in [0.2, 0.25) is 9.84 Å². The Morgan fingerprint density at radius 1 is 1.25 bits per heavy atom. The Morgan fingerprint density at radius 2 is 2.00 bits per heavy atom. The van der Waals surface area contributed by atoms with Crippen molar-refractivity contribution in [1.29, 1.82) is 0 Å². The van der Waals surface area contributed by atoms with Gasteiger partial charge in [0.25, 0.3) is 0 Å². The normalized spacial score (nSPS) is 19.3. The fourth-order valence-electron chi connectivity index (χ4n) is 2.78. The number of rotatable bonds is 5. The molecule has 2 aromatic rings. The number of nitrogens with one attached hydrogen (secondary N) is 1. The molecule has 5 nitrogen and oxygen atoms in total. The van der Waals surface area contributed by atoms with Crippen molar-refractivity contribution in [2.75, 3.05) is 26.7 Å². The van der Waals surface area contributed by atoms with Gasteiger partial charge in [-0.25, -0.2) is 8.42 Å². The highest BCUT2D eigenvalue weighted by atomic mass is 32.2. The van der Waals surface area contributed by atoms with Crippen molar-refractivity contribution in [1.82, 2.24) is 10.2 Å². The van der Waals surface area contributed by atoms with Crippen LogP contribution >= 0.6 is 11.3 Å². The van der Waals surface area contributed by atoms with Crippen molar-refractivity contribution in [2.45, 2.75) is 28.6 Å². The predicted molar refractivity (Wildman–Crippen MR) is 95.5 cm³/mol. The lowest BCUT2D eigenvalue weighted by Gasteiger charge is -2.33. The maximum atomic E-state index is 12.7. The Morgan fingerprint density at radius 3 is 2.67 bits per heavy atom. The van der Waals surface area contributed by atoms with Crippen molar-refractivity contribution in [2.24, 2.45) is 0 Å². The number of nitrogens with zero attached hydrogens (tertiary/aromatic N) is 1. The Labute approximate surface area is 147 Å². The van der Waals surface area contributed by atoms with Gasteiger partial charge in [-0.15, -0.1) is 11.3 Å². The smallest absolute Gasteiger partial charge is 0.215 e. The Bertz CT molecular complexity index is 784. The predicted octanol–water partition coefficient (Wildman–Crippen LogP) is 2.38. The molecule has 130 valence electrons. The quantitative estimate of drug-likeness (QED) is 0.880. The largest absolute Gasteiger partial charge is 0.497 e. The molecule has 2 heterocycles. The minimum atomic E-state index is -3.47. The van der Waals surface area contributed by atoms with Gasteiger partial charge in [0, 0.05) is 37.1 Å². The van der Waals surface area contributed by atoms with Crippen molar-refractivity contribution >= 4 is 21.2 Å². The van der Waals surface area contributed by atoms with Gasteiger partial charge in [-0.1, -0.05) is 0 Å². The third kappa shape index (κ3) is 3.64. The summed E-state index contributed by atoms with van der Waals surface area (Å²) in [7, 11) is -1.90. The van der Waals surface area contributed by atoms with E-state index < -0.39 is 9.84 Å². The Hall–Kier alpha value is -1.41. The highest BCUT2D eigenvalue weighted by Crippen LogP contribution is 2.29. The number of piperazine rings is 1. The summed E-state index contributed by atoms with van der Waals surface area (Å²) >= 11 is 1.36. The second-order valence-corrected chi connectivity index (χ2v) is 9.27. The van der Waals surface area contributed by atoms with E-state index in [2.05, 4.69) is 17.1 Å². The van der Waals surface area contributed by atoms with Gasteiger partial charge < -0.3 is 10.1 Å². The molecule has 0 unspecified atom stereocenters. The zero-order chi connectivity index (χ0) is 17.2. The Balaban J connectivity index is 1.78. The molecular formula is C17H22N2O3S2. The van der Waals surface area contributed by atoms with Crippen LogP contribution in [0.5, 0.6) is 5.75 Å². The van der Waals surface area contributed by atoms with E-state index in [1.54, 1.807) is 37.4 Å². The first-order chi connectivity index (χ1) is 11.5. The van der Waals surface area contributed by atoms with Crippen LogP contribution in [0.25, 0.3) is 0 Å². The summed E-state index contributed by atoms with van der Waals surface area (Å²) < 4.78 is 31.0. The molecule has 1 fully saturated rings. The third-order valence-electron chi connectivity index (χ3n) is 4.27. The van der Waals surface area contributed by atoms with Gasteiger partial charge in [-0.3, -0.25) is 4.90 Å². The van der Waals surface area contributed by atoms with E-state index in [0.717, 1.165) is 31.1 Å². The lowest BCUT2D eigenvalue weighted by atomic mass is 10.2. The summed E-state index contributed by atoms with van der Waals surface area (Å²) in [6, 6.07) is 10.6. The molecule has 3 rings (SSSR count). The molecule has 0 bridgehead atoms. The van der Waals surface area contributed by atoms with Crippen LogP contribution in [0, 0.1) is 0 Å². The third-order valence-corrected chi connectivity index (χ3v) is 7.60. The summed E-state index contributed by atoms with van der Waals surface area (Å²) in [6.07, 6.45) is 0. The van der Waals surface area contributed by atoms with Crippen molar-refractivity contribution in [3.63, 3.8) is 0 Å². The summed E-state index contributed by atoms with van der Waals surface area (Å²) in [5.41, 5.74) is 0. The number of hydrogen-bond acceptors (Lipinski definition) is 6. The van der Waals surface area contributed by atoms with Crippen LogP contribution in [-0.2, 0) is 16.4 Å². The van der Waals surface area contributed by atoms with E-state index >= 15 is 0 Å². The molecule has 0 amide bonds. The molecule has 1 N–H and O–H groups in total. The van der Waals surface area contributed by atoms with E-state index in [0.29, 0.717) is 20.9 Å². The maximum Gasteiger partial charge on any atom is 0.215 e. The highest BCUT2D eigenvalue weighted by molar-refractivity contribution is 7.93. The highest BCUT2D eigenvalue weighted by Gasteiger charge is 2.22. The number of hydrogen-bond donors (Lipinski definition) is 1. The maximum absolute atomic E-state index is 12.7. The summed E-state index contributed by atoms with van der Waals surface area (Å²) in [6.45, 7) is 5.93. The second kappa shape index (κ2) is 7.23. The lowest BCUT2D eigenvalue weighted by molar-refractivity contribution is 0.167. The van der Waals surface area contributed by atoms with Crippen molar-refractivity contribution < 1.29 is 13.2 Å². The number of sulfone groups is 1. The molecule has 0 spiro atoms. The first kappa shape index (κ1) is 17.4. The summed E-state index contributed by atoms with van der Waals surface area (Å²) in [5.74, 6) is 0.647. The number of methoxy groups -OCH3 is 1. The van der Waals surface area contributed by atoms with E-state index in [1.165, 1.54) is 11.3 Å². The fourth-order valence-corrected chi connectivity index (χ4v) is 5.56. The SMILES string of the molecule is COc1ccc(S(=O)(=O)c2ccc(CN3CCNC[C@H]3C)s2)cc1. The molecule has 0 radical (unpaired) electrons. The molecule has 1 aromatic heterocycles. The zero-order valence-electron chi connectivity index (χ0n) is 13.9. The van der Waals surface area contributed by atoms with Crippen LogP contribution < -0.4 is 10.1 Å². The van der Waals surface area contributed by atoms with Gasteiger partial charge >= 0.3 is 0 Å². The monoisotopic (exact) mass is 366 g/mol. The van der Waals surface area contributed by atoms with E-state index in [9.17, 15) is 8.42 Å². The van der Waals surface area contributed by atoms with Gasteiger partial charge in [0.05, 0.1) is 12.0 Å². The molecule has 1 aromatic carbocycles. The van der Waals surface area contributed by atoms with Gasteiger partial charge in [-0.05, 0) is 43.3 Å². The van der Waals surface area contributed by atoms with Crippen LogP contribution in [0.1, 0.15) is 11.8 Å². The first-order valence-corrected chi connectivity index (χ1v) is 10.2. The average molecular weight is 367 g/mol. The van der Waals surface area contributed by atoms with Crippen molar-refractivity contribution in [3.8, 4) is 5.75 Å². The topological polar surface area (TPSA) is 58.6 Å². The molecule has 1 aliphatic rings. The molecular weight excluding hydrogens is 344 g/mol. The van der Waals surface area contributed by atoms with E-state index in [-0.39, 0.29) is 0 Å². The lowest BCUT2D eigenvalue weighted by Crippen LogP contribution is -2.49. The van der Waals surface area contributed by atoms with Crippen LogP contribution in [0.3, 0.4) is 0 Å². The second-order valence-electron chi connectivity index (χ2n) is 5.92. The van der Waals surface area contributed by atoms with E-state index in [1.807, 2.05) is 6.07 Å². The van der Waals surface area contributed by atoms with Crippen molar-refractivity contribution in [3.05, 3.63) is 41.3 Å². The van der Waals surface area contributed by atoms with Crippen LogP contribution in [0.15, 0.2) is 45.5 Å². The first-order valence-electron chi connectivity index (χ1n) is 7.93. The standard InChI is InChI=1S/C17H22N2O3S2/c1-13-11-18-9-10-19(13)12-15-5-8-17(23-15)24(20,21)16-6-3-14(22-2)4-7-16/h3-8,13,18H,9-12H2,1-2H3/t13-/m1/s1. The minimum Gasteiger partial charge on any atom is -0.497 e. The van der Waals surface area contributed by atoms with E-state index in [4.69, 9.17) is 4.74 Å². The molecule has 24 heavy (non-hydrogen) atoms. The van der Waals surface area contributed by atoms with Crippen LogP contribution in [0.4, 0.5) is 0 Å². The molecule has 1 saturated heterocycles. The Kier molecular flexibility index (Phi) is 5.24. The molecule has 1 atom stereocenters. The van der Waals surface area contributed by atoms with Gasteiger partial charge in [0.15, 0.2) is 0 Å². The van der Waals surface area contributed by atoms with Gasteiger partial charge in [0.1, 0.15) is 9.96 Å². The number of benzene rings is 1. The number of ether oxygens (including phenoxy) is 1. The molecule has 0 saturated carbocycles. The minimum absolute atomic E-state index is 0.298. The van der Waals surface area contributed by atoms with Crippen LogP contribution in [-0.4, -0.2) is 46.1 Å². The summed E-state index contributed by atoms with van der Waals surface area (Å²) in [4.78, 5) is 3.76. The molecule has 7 heteroatoms. The zero-order valence-corrected chi connectivity index (χ0v) is 15.5.